The highest BCUT2D eigenvalue weighted by Crippen LogP contribution is 2.29. The molecular formula is C14H10ClFN2O. The van der Waals surface area contributed by atoms with Crippen molar-refractivity contribution in [3.8, 4) is 11.8 Å². The van der Waals surface area contributed by atoms with Crippen LogP contribution in [0.4, 0.5) is 15.8 Å². The first kappa shape index (κ1) is 13.2. The molecule has 0 fully saturated rings. The van der Waals surface area contributed by atoms with Crippen molar-refractivity contribution in [2.24, 2.45) is 0 Å². The van der Waals surface area contributed by atoms with Crippen molar-refractivity contribution in [3.63, 3.8) is 0 Å². The molecule has 1 N–H and O–H groups in total. The van der Waals surface area contributed by atoms with Gasteiger partial charge in [0, 0.05) is 17.4 Å². The molecule has 3 nitrogen and oxygen atoms in total. The summed E-state index contributed by atoms with van der Waals surface area (Å²) in [5.41, 5.74) is 1.43. The summed E-state index contributed by atoms with van der Waals surface area (Å²) in [5.74, 6) is 0.0473. The molecule has 0 spiro atoms. The third kappa shape index (κ3) is 3.15. The van der Waals surface area contributed by atoms with Crippen molar-refractivity contribution in [3.05, 3.63) is 52.8 Å². The summed E-state index contributed by atoms with van der Waals surface area (Å²) in [6.07, 6.45) is 0. The van der Waals surface area contributed by atoms with Gasteiger partial charge in [0.2, 0.25) is 0 Å². The number of hydrogen-bond acceptors (Lipinski definition) is 3. The van der Waals surface area contributed by atoms with Gasteiger partial charge in [-0.1, -0.05) is 11.6 Å². The number of halogens is 2. The Morgan fingerprint density at radius 3 is 2.68 bits per heavy atom. The second-order valence-corrected chi connectivity index (χ2v) is 4.22. The number of nitrogens with one attached hydrogen (secondary N) is 1. The molecule has 2 aromatic rings. The smallest absolute Gasteiger partial charge is 0.139 e. The van der Waals surface area contributed by atoms with Crippen LogP contribution < -0.4 is 10.1 Å². The Bertz CT molecular complexity index is 652. The number of methoxy groups -OCH3 is 1. The number of hydrogen-bond donors (Lipinski definition) is 1. The first-order valence-corrected chi connectivity index (χ1v) is 5.81. The minimum absolute atomic E-state index is 0.253. The van der Waals surface area contributed by atoms with Gasteiger partial charge in [-0.05, 0) is 30.3 Å². The zero-order chi connectivity index (χ0) is 13.8. The van der Waals surface area contributed by atoms with Crippen LogP contribution in [0.5, 0.6) is 5.75 Å². The van der Waals surface area contributed by atoms with E-state index in [1.54, 1.807) is 24.3 Å². The molecule has 0 bridgehead atoms. The van der Waals surface area contributed by atoms with Gasteiger partial charge in [-0.2, -0.15) is 5.26 Å². The van der Waals surface area contributed by atoms with Crippen molar-refractivity contribution < 1.29 is 9.13 Å². The number of ether oxygens (including phenoxy) is 1. The maximum atomic E-state index is 13.3. The Balaban J connectivity index is 2.31. The van der Waals surface area contributed by atoms with Crippen molar-refractivity contribution in [1.82, 2.24) is 0 Å². The molecule has 0 aliphatic heterocycles. The van der Waals surface area contributed by atoms with Crippen LogP contribution in [0, 0.1) is 17.1 Å². The molecule has 0 aliphatic rings. The number of nitrogens with zero attached hydrogens (tertiary/aromatic N) is 1. The second kappa shape index (κ2) is 5.59. The highest BCUT2D eigenvalue weighted by Gasteiger charge is 2.04. The molecule has 0 saturated carbocycles. The molecule has 0 heterocycles. The van der Waals surface area contributed by atoms with E-state index in [9.17, 15) is 4.39 Å². The minimum atomic E-state index is -0.470. The van der Waals surface area contributed by atoms with Gasteiger partial charge in [0.1, 0.15) is 11.6 Å². The second-order valence-electron chi connectivity index (χ2n) is 3.81. The summed E-state index contributed by atoms with van der Waals surface area (Å²) in [5, 5.41) is 12.3. The van der Waals surface area contributed by atoms with Gasteiger partial charge < -0.3 is 10.1 Å². The summed E-state index contributed by atoms with van der Waals surface area (Å²) in [7, 11) is 1.51. The lowest BCUT2D eigenvalue weighted by Gasteiger charge is -2.09. The molecule has 0 amide bonds. The molecule has 5 heteroatoms. The van der Waals surface area contributed by atoms with Gasteiger partial charge in [0.05, 0.1) is 23.8 Å². The van der Waals surface area contributed by atoms with Crippen molar-refractivity contribution in [2.75, 3.05) is 12.4 Å². The van der Waals surface area contributed by atoms with Gasteiger partial charge in [-0.15, -0.1) is 0 Å². The van der Waals surface area contributed by atoms with E-state index in [1.165, 1.54) is 19.2 Å². The third-order valence-electron chi connectivity index (χ3n) is 2.47. The van der Waals surface area contributed by atoms with Gasteiger partial charge in [0.15, 0.2) is 0 Å². The summed E-state index contributed by atoms with van der Waals surface area (Å²) >= 11 is 5.92. The highest BCUT2D eigenvalue weighted by molar-refractivity contribution is 6.32. The SMILES string of the molecule is COc1cc(Nc2cc(F)cc(C#N)c2)ccc1Cl. The molecule has 96 valence electrons. The minimum Gasteiger partial charge on any atom is -0.495 e. The normalized spacial score (nSPS) is 9.79. The standard InChI is InChI=1S/C14H10ClFN2O/c1-19-14-7-11(2-3-13(14)15)18-12-5-9(8-17)4-10(16)6-12/h2-7,18H,1H3. The fourth-order valence-electron chi connectivity index (χ4n) is 1.63. The van der Waals surface area contributed by atoms with Crippen molar-refractivity contribution in [1.29, 1.82) is 5.26 Å². The lowest BCUT2D eigenvalue weighted by molar-refractivity contribution is 0.415. The Morgan fingerprint density at radius 2 is 2.00 bits per heavy atom. The molecule has 0 radical (unpaired) electrons. The van der Waals surface area contributed by atoms with E-state index in [0.717, 1.165) is 0 Å². The van der Waals surface area contributed by atoms with E-state index in [2.05, 4.69) is 5.32 Å². The average molecular weight is 277 g/mol. The van der Waals surface area contributed by atoms with Crippen LogP contribution in [0.1, 0.15) is 5.56 Å². The van der Waals surface area contributed by atoms with Crippen molar-refractivity contribution in [2.45, 2.75) is 0 Å². The summed E-state index contributed by atoms with van der Waals surface area (Å²) in [6.45, 7) is 0. The van der Waals surface area contributed by atoms with E-state index >= 15 is 0 Å². The van der Waals surface area contributed by atoms with Crippen LogP contribution in [0.25, 0.3) is 0 Å². The van der Waals surface area contributed by atoms with Crippen LogP contribution in [0.2, 0.25) is 5.02 Å². The molecule has 0 saturated heterocycles. The highest BCUT2D eigenvalue weighted by atomic mass is 35.5. The van der Waals surface area contributed by atoms with Crippen LogP contribution in [-0.2, 0) is 0 Å². The quantitative estimate of drug-likeness (QED) is 0.918. The molecule has 2 aromatic carbocycles. The van der Waals surface area contributed by atoms with Gasteiger partial charge >= 0.3 is 0 Å². The summed E-state index contributed by atoms with van der Waals surface area (Å²) < 4.78 is 18.4. The van der Waals surface area contributed by atoms with Crippen molar-refractivity contribution >= 4 is 23.0 Å². The number of rotatable bonds is 3. The Kier molecular flexibility index (Phi) is 3.88. The van der Waals surface area contributed by atoms with E-state index in [0.29, 0.717) is 22.1 Å². The zero-order valence-electron chi connectivity index (χ0n) is 10.1. The molecule has 0 aromatic heterocycles. The lowest BCUT2D eigenvalue weighted by Crippen LogP contribution is -1.93. The molecule has 0 atom stereocenters. The summed E-state index contributed by atoms with van der Waals surface area (Å²) in [6, 6.07) is 11.0. The topological polar surface area (TPSA) is 45.0 Å². The van der Waals surface area contributed by atoms with Crippen LogP contribution in [0.15, 0.2) is 36.4 Å². The van der Waals surface area contributed by atoms with E-state index in [4.69, 9.17) is 21.6 Å². The molecule has 19 heavy (non-hydrogen) atoms. The number of benzene rings is 2. The lowest BCUT2D eigenvalue weighted by atomic mass is 10.2. The molecule has 0 unspecified atom stereocenters. The first-order chi connectivity index (χ1) is 9.12. The van der Waals surface area contributed by atoms with Crippen LogP contribution in [-0.4, -0.2) is 7.11 Å². The fraction of sp³-hybridized carbons (Fsp3) is 0.0714. The Labute approximate surface area is 115 Å². The summed E-state index contributed by atoms with van der Waals surface area (Å²) in [4.78, 5) is 0. The monoisotopic (exact) mass is 276 g/mol. The largest absolute Gasteiger partial charge is 0.495 e. The van der Waals surface area contributed by atoms with Gasteiger partial charge in [-0.25, -0.2) is 4.39 Å². The predicted octanol–water partition coefficient (Wildman–Crippen LogP) is 4.10. The Hall–Kier alpha value is -2.25. The van der Waals surface area contributed by atoms with E-state index in [1.807, 2.05) is 6.07 Å². The number of anilines is 2. The maximum absolute atomic E-state index is 13.3. The van der Waals surface area contributed by atoms with Crippen LogP contribution >= 0.6 is 11.6 Å². The van der Waals surface area contributed by atoms with Gasteiger partial charge in [0.25, 0.3) is 0 Å². The zero-order valence-corrected chi connectivity index (χ0v) is 10.8. The predicted molar refractivity (Wildman–Crippen MR) is 72.4 cm³/mol. The molecule has 2 rings (SSSR count). The van der Waals surface area contributed by atoms with E-state index < -0.39 is 5.82 Å². The third-order valence-corrected chi connectivity index (χ3v) is 2.78. The maximum Gasteiger partial charge on any atom is 0.139 e. The fourth-order valence-corrected chi connectivity index (χ4v) is 1.83. The molecular weight excluding hydrogens is 267 g/mol. The average Bonchev–Trinajstić information content (AvgIpc) is 2.40. The van der Waals surface area contributed by atoms with Gasteiger partial charge in [-0.3, -0.25) is 0 Å². The van der Waals surface area contributed by atoms with E-state index in [-0.39, 0.29) is 5.56 Å². The Morgan fingerprint density at radius 1 is 1.21 bits per heavy atom. The first-order valence-electron chi connectivity index (χ1n) is 5.43. The molecule has 0 aliphatic carbocycles. The number of nitriles is 1. The van der Waals surface area contributed by atoms with Crippen LogP contribution in [0.3, 0.4) is 0 Å².